The summed E-state index contributed by atoms with van der Waals surface area (Å²) in [5.41, 5.74) is 0.489. The number of rotatable bonds is 1. The van der Waals surface area contributed by atoms with Gasteiger partial charge in [-0.25, -0.2) is 0 Å². The SMILES string of the molecule is COC(=O)[C@]12CCC(C)(C)C[C@H]1[C@H]1C(=O)C=C3[C@@]4(C)CC[C@H](O)C(C)(C)[C@@H]4CC[C@@]3(C)[C@]1(C)CC2. The number of ketones is 1. The van der Waals surface area contributed by atoms with Gasteiger partial charge in [0.15, 0.2) is 5.78 Å². The first-order valence-corrected chi connectivity index (χ1v) is 14.1. The number of hydrogen-bond donors (Lipinski definition) is 1. The Bertz CT molecular complexity index is 976. The number of esters is 1. The molecule has 5 aliphatic rings. The van der Waals surface area contributed by atoms with Crippen LogP contribution in [0.4, 0.5) is 0 Å². The van der Waals surface area contributed by atoms with E-state index >= 15 is 0 Å². The maximum absolute atomic E-state index is 14.3. The summed E-state index contributed by atoms with van der Waals surface area (Å²) in [4.78, 5) is 27.7. The molecule has 35 heavy (non-hydrogen) atoms. The summed E-state index contributed by atoms with van der Waals surface area (Å²) in [6, 6.07) is 0. The number of allylic oxidation sites excluding steroid dienone is 2. The second-order valence-corrected chi connectivity index (χ2v) is 15.2. The molecule has 0 amide bonds. The smallest absolute Gasteiger partial charge is 0.312 e. The molecule has 4 heteroatoms. The Labute approximate surface area is 212 Å². The van der Waals surface area contributed by atoms with E-state index in [-0.39, 0.29) is 56.8 Å². The predicted octanol–water partition coefficient (Wildman–Crippen LogP) is 6.50. The summed E-state index contributed by atoms with van der Waals surface area (Å²) in [6.45, 7) is 16.3. The lowest BCUT2D eigenvalue weighted by atomic mass is 9.34. The van der Waals surface area contributed by atoms with E-state index < -0.39 is 5.41 Å². The van der Waals surface area contributed by atoms with Crippen molar-refractivity contribution >= 4 is 11.8 Å². The van der Waals surface area contributed by atoms with Crippen LogP contribution in [-0.4, -0.2) is 30.1 Å². The van der Waals surface area contributed by atoms with Gasteiger partial charge in [-0.1, -0.05) is 54.0 Å². The van der Waals surface area contributed by atoms with Crippen LogP contribution in [0.5, 0.6) is 0 Å². The fraction of sp³-hybridized carbons (Fsp3) is 0.871. The van der Waals surface area contributed by atoms with Crippen molar-refractivity contribution in [2.45, 2.75) is 112 Å². The number of carbonyl (C=O) groups excluding carboxylic acids is 2. The van der Waals surface area contributed by atoms with Crippen LogP contribution in [0.15, 0.2) is 11.6 Å². The van der Waals surface area contributed by atoms with Gasteiger partial charge in [-0.2, -0.15) is 0 Å². The third-order valence-electron chi connectivity index (χ3n) is 13.0. The van der Waals surface area contributed by atoms with Gasteiger partial charge in [0.05, 0.1) is 18.6 Å². The highest BCUT2D eigenvalue weighted by molar-refractivity contribution is 5.96. The van der Waals surface area contributed by atoms with Crippen LogP contribution in [-0.2, 0) is 14.3 Å². The molecule has 4 nitrogen and oxygen atoms in total. The molecule has 0 aromatic heterocycles. The molecule has 0 aliphatic heterocycles. The van der Waals surface area contributed by atoms with Crippen LogP contribution in [0.1, 0.15) is 106 Å². The summed E-state index contributed by atoms with van der Waals surface area (Å²) in [5, 5.41) is 10.9. The lowest BCUT2D eigenvalue weighted by Crippen LogP contribution is -2.66. The first kappa shape index (κ1) is 25.5. The van der Waals surface area contributed by atoms with E-state index in [1.807, 2.05) is 0 Å². The fourth-order valence-electron chi connectivity index (χ4n) is 10.6. The van der Waals surface area contributed by atoms with Gasteiger partial charge in [0.2, 0.25) is 0 Å². The molecular weight excluding hydrogens is 436 g/mol. The zero-order chi connectivity index (χ0) is 25.8. The number of aliphatic hydroxyl groups excluding tert-OH is 1. The van der Waals surface area contributed by atoms with E-state index in [1.165, 1.54) is 12.7 Å². The number of methoxy groups -OCH3 is 1. The van der Waals surface area contributed by atoms with E-state index in [4.69, 9.17) is 4.74 Å². The largest absolute Gasteiger partial charge is 0.469 e. The minimum atomic E-state index is -0.524. The first-order chi connectivity index (χ1) is 16.1. The topological polar surface area (TPSA) is 63.6 Å². The van der Waals surface area contributed by atoms with Crippen molar-refractivity contribution in [1.29, 1.82) is 0 Å². The molecule has 5 aliphatic carbocycles. The minimum Gasteiger partial charge on any atom is -0.469 e. The van der Waals surface area contributed by atoms with E-state index in [0.717, 1.165) is 57.8 Å². The zero-order valence-electron chi connectivity index (χ0n) is 23.4. The van der Waals surface area contributed by atoms with Gasteiger partial charge < -0.3 is 9.84 Å². The molecule has 5 rings (SSSR count). The highest BCUT2D eigenvalue weighted by Gasteiger charge is 2.71. The number of aliphatic hydroxyl groups is 1. The van der Waals surface area contributed by atoms with Gasteiger partial charge in [-0.3, -0.25) is 9.59 Å². The maximum atomic E-state index is 14.3. The average Bonchev–Trinajstić information content (AvgIpc) is 2.77. The lowest BCUT2D eigenvalue weighted by Gasteiger charge is -2.70. The summed E-state index contributed by atoms with van der Waals surface area (Å²) < 4.78 is 5.43. The molecule has 0 aromatic rings. The lowest BCUT2D eigenvalue weighted by molar-refractivity contribution is -0.195. The Balaban J connectivity index is 1.65. The van der Waals surface area contributed by atoms with Gasteiger partial charge in [-0.05, 0) is 103 Å². The van der Waals surface area contributed by atoms with E-state index in [2.05, 4.69) is 54.5 Å². The third-order valence-corrected chi connectivity index (χ3v) is 13.0. The second-order valence-electron chi connectivity index (χ2n) is 15.2. The zero-order valence-corrected chi connectivity index (χ0v) is 23.4. The van der Waals surface area contributed by atoms with Crippen LogP contribution < -0.4 is 0 Å². The quantitative estimate of drug-likeness (QED) is 0.431. The van der Waals surface area contributed by atoms with Crippen molar-refractivity contribution in [1.82, 2.24) is 0 Å². The van der Waals surface area contributed by atoms with Gasteiger partial charge in [-0.15, -0.1) is 0 Å². The third kappa shape index (κ3) is 3.07. The Kier molecular flexibility index (Phi) is 5.43. The van der Waals surface area contributed by atoms with Gasteiger partial charge in [0, 0.05) is 5.92 Å². The Morgan fingerprint density at radius 1 is 0.943 bits per heavy atom. The molecule has 8 atom stereocenters. The van der Waals surface area contributed by atoms with Crippen molar-refractivity contribution in [2.24, 2.45) is 50.2 Å². The minimum absolute atomic E-state index is 0.0368. The Morgan fingerprint density at radius 2 is 1.60 bits per heavy atom. The summed E-state index contributed by atoms with van der Waals surface area (Å²) in [6.07, 6.45) is 10.1. The van der Waals surface area contributed by atoms with Gasteiger partial charge in [0.1, 0.15) is 0 Å². The number of hydrogen-bond acceptors (Lipinski definition) is 4. The van der Waals surface area contributed by atoms with Gasteiger partial charge >= 0.3 is 5.97 Å². The van der Waals surface area contributed by atoms with Crippen molar-refractivity contribution in [3.05, 3.63) is 11.6 Å². The average molecular weight is 485 g/mol. The Hall–Kier alpha value is -1.16. The number of fused-ring (bicyclic) bond motifs is 7. The highest BCUT2D eigenvalue weighted by Crippen LogP contribution is 2.75. The van der Waals surface area contributed by atoms with Crippen LogP contribution in [0.2, 0.25) is 0 Å². The summed E-state index contributed by atoms with van der Waals surface area (Å²) >= 11 is 0. The summed E-state index contributed by atoms with van der Waals surface area (Å²) in [7, 11) is 1.52. The van der Waals surface area contributed by atoms with Crippen LogP contribution in [0.3, 0.4) is 0 Å². The number of ether oxygens (including phenoxy) is 1. The van der Waals surface area contributed by atoms with Crippen LogP contribution >= 0.6 is 0 Å². The first-order valence-electron chi connectivity index (χ1n) is 14.1. The molecule has 0 spiro atoms. The predicted molar refractivity (Wildman–Crippen MR) is 137 cm³/mol. The highest BCUT2D eigenvalue weighted by atomic mass is 16.5. The fourth-order valence-corrected chi connectivity index (χ4v) is 10.6. The molecular formula is C31H48O4. The second kappa shape index (κ2) is 7.45. The van der Waals surface area contributed by atoms with Crippen molar-refractivity contribution < 1.29 is 19.4 Å². The molecule has 0 radical (unpaired) electrons. The Morgan fingerprint density at radius 3 is 2.26 bits per heavy atom. The van der Waals surface area contributed by atoms with Crippen molar-refractivity contribution in [3.63, 3.8) is 0 Å². The van der Waals surface area contributed by atoms with E-state index in [9.17, 15) is 14.7 Å². The molecule has 0 bridgehead atoms. The molecule has 4 fully saturated rings. The molecule has 196 valence electrons. The maximum Gasteiger partial charge on any atom is 0.312 e. The number of carbonyl (C=O) groups is 2. The van der Waals surface area contributed by atoms with Crippen molar-refractivity contribution in [2.75, 3.05) is 7.11 Å². The monoisotopic (exact) mass is 484 g/mol. The molecule has 0 aromatic carbocycles. The van der Waals surface area contributed by atoms with Crippen LogP contribution in [0, 0.1) is 50.2 Å². The molecule has 0 unspecified atom stereocenters. The molecule has 1 N–H and O–H groups in total. The molecule has 4 saturated carbocycles. The molecule has 0 heterocycles. The van der Waals surface area contributed by atoms with Crippen LogP contribution in [0.25, 0.3) is 0 Å². The van der Waals surface area contributed by atoms with E-state index in [1.54, 1.807) is 0 Å². The standard InChI is InChI=1S/C31H48O4/c1-26(2)13-15-31(25(34)35-8)16-14-30(7)24(19(31)18-26)20(32)17-22-28(5)11-10-23(33)27(3,4)21(28)9-12-29(22,30)6/h17,19,21,23-24,33H,9-16,18H2,1-8H3/t19-,21-,23-,24-,28-,29+,30+,31-/m0/s1. The molecule has 0 saturated heterocycles. The normalized spacial score (nSPS) is 50.1. The van der Waals surface area contributed by atoms with Gasteiger partial charge in [0.25, 0.3) is 0 Å². The van der Waals surface area contributed by atoms with E-state index in [0.29, 0.717) is 5.92 Å². The summed E-state index contributed by atoms with van der Waals surface area (Å²) in [5.74, 6) is 0.436. The van der Waals surface area contributed by atoms with Crippen molar-refractivity contribution in [3.8, 4) is 0 Å².